The van der Waals surface area contributed by atoms with Crippen LogP contribution in [0.2, 0.25) is 0 Å². The molecule has 0 spiro atoms. The van der Waals surface area contributed by atoms with Crippen molar-refractivity contribution in [3.05, 3.63) is 0 Å². The third kappa shape index (κ3) is 4.25. The van der Waals surface area contributed by atoms with E-state index in [-0.39, 0.29) is 11.9 Å². The first-order valence-electron chi connectivity index (χ1n) is 7.40. The molecule has 18 heavy (non-hydrogen) atoms. The first kappa shape index (κ1) is 13.8. The molecule has 104 valence electrons. The number of rotatable bonds is 6. The lowest BCUT2D eigenvalue weighted by Gasteiger charge is -2.28. The lowest BCUT2D eigenvalue weighted by atomic mass is 9.84. The molecule has 1 heterocycles. The van der Waals surface area contributed by atoms with Crippen LogP contribution in [0.15, 0.2) is 0 Å². The van der Waals surface area contributed by atoms with Crippen molar-refractivity contribution < 1.29 is 4.79 Å². The third-order valence-electron chi connectivity index (χ3n) is 4.46. The average molecular weight is 253 g/mol. The van der Waals surface area contributed by atoms with Crippen LogP contribution < -0.4 is 16.4 Å². The minimum absolute atomic E-state index is 0.170. The van der Waals surface area contributed by atoms with E-state index in [1.165, 1.54) is 25.7 Å². The number of hydrogen-bond acceptors (Lipinski definition) is 3. The summed E-state index contributed by atoms with van der Waals surface area (Å²) in [5, 5.41) is 6.36. The van der Waals surface area contributed by atoms with Gasteiger partial charge in [-0.1, -0.05) is 6.92 Å². The second-order valence-electron chi connectivity index (χ2n) is 6.07. The molecule has 0 aromatic heterocycles. The summed E-state index contributed by atoms with van der Waals surface area (Å²) in [5.74, 6) is 2.03. The van der Waals surface area contributed by atoms with Crippen LogP contribution in [0.3, 0.4) is 0 Å². The highest BCUT2D eigenvalue weighted by molar-refractivity contribution is 5.76. The number of carbonyl (C=O) groups is 1. The molecule has 4 nitrogen and oxygen atoms in total. The van der Waals surface area contributed by atoms with Crippen molar-refractivity contribution in [2.75, 3.05) is 19.6 Å². The maximum atomic E-state index is 11.9. The van der Waals surface area contributed by atoms with Crippen molar-refractivity contribution in [2.45, 2.75) is 45.1 Å². The van der Waals surface area contributed by atoms with Crippen LogP contribution in [0, 0.1) is 17.8 Å². The van der Waals surface area contributed by atoms with Gasteiger partial charge in [-0.25, -0.2) is 0 Å². The minimum Gasteiger partial charge on any atom is -0.355 e. The molecule has 0 bridgehead atoms. The standard InChI is InChI=1S/C14H27N3O/c1-10(11-4-6-16-7-5-11)8-14(18)17-9-13(15)12-2-3-12/h10-13,16H,2-9,15H2,1H3,(H,17,18). The molecule has 2 atom stereocenters. The quantitative estimate of drug-likeness (QED) is 0.658. The number of nitrogens with two attached hydrogens (primary N) is 1. The normalized spacial score (nSPS) is 24.6. The fourth-order valence-corrected chi connectivity index (χ4v) is 2.87. The Morgan fingerprint density at radius 1 is 1.28 bits per heavy atom. The van der Waals surface area contributed by atoms with Crippen molar-refractivity contribution >= 4 is 5.91 Å². The molecule has 4 heteroatoms. The average Bonchev–Trinajstić information content (AvgIpc) is 3.21. The predicted molar refractivity (Wildman–Crippen MR) is 73.1 cm³/mol. The molecule has 1 aliphatic heterocycles. The molecule has 0 aromatic rings. The Kier molecular flexibility index (Phi) is 5.01. The Morgan fingerprint density at radius 2 is 1.94 bits per heavy atom. The summed E-state index contributed by atoms with van der Waals surface area (Å²) in [5.41, 5.74) is 5.98. The maximum Gasteiger partial charge on any atom is 0.220 e. The van der Waals surface area contributed by atoms with Crippen LogP contribution in [-0.4, -0.2) is 31.6 Å². The molecule has 2 rings (SSSR count). The van der Waals surface area contributed by atoms with Gasteiger partial charge in [-0.2, -0.15) is 0 Å². The Balaban J connectivity index is 1.62. The second-order valence-corrected chi connectivity index (χ2v) is 6.07. The molecular weight excluding hydrogens is 226 g/mol. The summed E-state index contributed by atoms with van der Waals surface area (Å²) >= 11 is 0. The first-order chi connectivity index (χ1) is 8.66. The van der Waals surface area contributed by atoms with Crippen LogP contribution in [0.1, 0.15) is 39.0 Å². The lowest BCUT2D eigenvalue weighted by molar-refractivity contribution is -0.122. The van der Waals surface area contributed by atoms with Gasteiger partial charge in [0.25, 0.3) is 0 Å². The molecule has 1 saturated heterocycles. The van der Waals surface area contributed by atoms with Crippen molar-refractivity contribution in [2.24, 2.45) is 23.5 Å². The van der Waals surface area contributed by atoms with Gasteiger partial charge < -0.3 is 16.4 Å². The highest BCUT2D eigenvalue weighted by atomic mass is 16.1. The largest absolute Gasteiger partial charge is 0.355 e. The van der Waals surface area contributed by atoms with Gasteiger partial charge in [-0.05, 0) is 56.5 Å². The molecular formula is C14H27N3O. The van der Waals surface area contributed by atoms with Crippen molar-refractivity contribution in [3.63, 3.8) is 0 Å². The minimum atomic E-state index is 0.170. The van der Waals surface area contributed by atoms with Gasteiger partial charge in [0, 0.05) is 19.0 Å². The number of amides is 1. The van der Waals surface area contributed by atoms with E-state index in [0.29, 0.717) is 30.7 Å². The van der Waals surface area contributed by atoms with E-state index in [1.807, 2.05) is 0 Å². The molecule has 2 aliphatic rings. The van der Waals surface area contributed by atoms with Crippen LogP contribution in [0.25, 0.3) is 0 Å². The highest BCUT2D eigenvalue weighted by Gasteiger charge is 2.28. The topological polar surface area (TPSA) is 67.2 Å². The molecule has 0 radical (unpaired) electrons. The van der Waals surface area contributed by atoms with Gasteiger partial charge >= 0.3 is 0 Å². The first-order valence-corrected chi connectivity index (χ1v) is 7.40. The molecule has 0 aromatic carbocycles. The van der Waals surface area contributed by atoms with E-state index in [0.717, 1.165) is 13.1 Å². The molecule has 1 saturated carbocycles. The fraction of sp³-hybridized carbons (Fsp3) is 0.929. The number of carbonyl (C=O) groups excluding carboxylic acids is 1. The van der Waals surface area contributed by atoms with Crippen LogP contribution in [-0.2, 0) is 4.79 Å². The zero-order valence-electron chi connectivity index (χ0n) is 11.5. The van der Waals surface area contributed by atoms with E-state index < -0.39 is 0 Å². The summed E-state index contributed by atoms with van der Waals surface area (Å²) in [4.78, 5) is 11.9. The van der Waals surface area contributed by atoms with Crippen LogP contribution in [0.5, 0.6) is 0 Å². The van der Waals surface area contributed by atoms with Gasteiger partial charge in [-0.15, -0.1) is 0 Å². The number of piperidine rings is 1. The number of hydrogen-bond donors (Lipinski definition) is 3. The molecule has 2 unspecified atom stereocenters. The number of nitrogens with one attached hydrogen (secondary N) is 2. The van der Waals surface area contributed by atoms with Gasteiger partial charge in [0.15, 0.2) is 0 Å². The smallest absolute Gasteiger partial charge is 0.220 e. The zero-order valence-corrected chi connectivity index (χ0v) is 11.5. The van der Waals surface area contributed by atoms with Gasteiger partial charge in [0.2, 0.25) is 5.91 Å². The predicted octanol–water partition coefficient (Wildman–Crippen LogP) is 0.866. The summed E-state index contributed by atoms with van der Waals surface area (Å²) < 4.78 is 0. The van der Waals surface area contributed by atoms with E-state index >= 15 is 0 Å². The van der Waals surface area contributed by atoms with Crippen LogP contribution in [0.4, 0.5) is 0 Å². The van der Waals surface area contributed by atoms with Crippen molar-refractivity contribution in [3.8, 4) is 0 Å². The SMILES string of the molecule is CC(CC(=O)NCC(N)C1CC1)C1CCNCC1. The molecule has 2 fully saturated rings. The Morgan fingerprint density at radius 3 is 2.56 bits per heavy atom. The van der Waals surface area contributed by atoms with Crippen LogP contribution >= 0.6 is 0 Å². The zero-order chi connectivity index (χ0) is 13.0. The summed E-state index contributed by atoms with van der Waals surface area (Å²) in [7, 11) is 0. The Labute approximate surface area is 110 Å². The monoisotopic (exact) mass is 253 g/mol. The van der Waals surface area contributed by atoms with E-state index in [9.17, 15) is 4.79 Å². The van der Waals surface area contributed by atoms with E-state index in [2.05, 4.69) is 17.6 Å². The van der Waals surface area contributed by atoms with Crippen molar-refractivity contribution in [1.29, 1.82) is 0 Å². The lowest BCUT2D eigenvalue weighted by Crippen LogP contribution is -2.40. The van der Waals surface area contributed by atoms with Crippen molar-refractivity contribution in [1.82, 2.24) is 10.6 Å². The Hall–Kier alpha value is -0.610. The molecule has 4 N–H and O–H groups in total. The summed E-state index contributed by atoms with van der Waals surface area (Å²) in [6, 6.07) is 0.170. The second kappa shape index (κ2) is 6.53. The van der Waals surface area contributed by atoms with Gasteiger partial charge in [0.05, 0.1) is 0 Å². The highest BCUT2D eigenvalue weighted by Crippen LogP contribution is 2.31. The van der Waals surface area contributed by atoms with Gasteiger partial charge in [-0.3, -0.25) is 4.79 Å². The summed E-state index contributed by atoms with van der Waals surface area (Å²) in [6.07, 6.45) is 5.54. The maximum absolute atomic E-state index is 11.9. The third-order valence-corrected chi connectivity index (χ3v) is 4.46. The molecule has 1 amide bonds. The molecule has 1 aliphatic carbocycles. The summed E-state index contributed by atoms with van der Waals surface area (Å²) in [6.45, 7) is 5.06. The van der Waals surface area contributed by atoms with Gasteiger partial charge in [0.1, 0.15) is 0 Å². The fourth-order valence-electron chi connectivity index (χ4n) is 2.87. The Bertz CT molecular complexity index is 272. The van der Waals surface area contributed by atoms with E-state index in [1.54, 1.807) is 0 Å². The van der Waals surface area contributed by atoms with E-state index in [4.69, 9.17) is 5.73 Å².